The third-order valence-corrected chi connectivity index (χ3v) is 2.92. The highest BCUT2D eigenvalue weighted by atomic mass is 35.5. The van der Waals surface area contributed by atoms with Crippen molar-refractivity contribution in [3.8, 4) is 0 Å². The van der Waals surface area contributed by atoms with Gasteiger partial charge in [-0.05, 0) is 24.6 Å². The molecule has 2 heteroatoms. The van der Waals surface area contributed by atoms with Crippen LogP contribution in [0.5, 0.6) is 0 Å². The molecule has 0 aromatic heterocycles. The molecule has 0 N–H and O–H groups in total. The molecule has 0 aliphatic heterocycles. The predicted molar refractivity (Wildman–Crippen MR) is 65.4 cm³/mol. The lowest BCUT2D eigenvalue weighted by atomic mass is 10.0. The van der Waals surface area contributed by atoms with Crippen molar-refractivity contribution in [3.63, 3.8) is 0 Å². The van der Waals surface area contributed by atoms with E-state index in [9.17, 15) is 4.39 Å². The molecule has 0 aliphatic rings. The van der Waals surface area contributed by atoms with E-state index >= 15 is 0 Å². The molecule has 0 bridgehead atoms. The Morgan fingerprint density at radius 3 is 2.38 bits per heavy atom. The first-order valence-electron chi connectivity index (χ1n) is 5.15. The van der Waals surface area contributed by atoms with Crippen LogP contribution in [0.3, 0.4) is 0 Å². The number of hydrogen-bond acceptors (Lipinski definition) is 0. The summed E-state index contributed by atoms with van der Waals surface area (Å²) in [6, 6.07) is 12.8. The minimum atomic E-state index is -0.243. The molecular formula is C14H12ClF. The van der Waals surface area contributed by atoms with Crippen LogP contribution >= 0.6 is 11.6 Å². The van der Waals surface area contributed by atoms with E-state index in [2.05, 4.69) is 0 Å². The normalized spacial score (nSPS) is 10.4. The summed E-state index contributed by atoms with van der Waals surface area (Å²) in [5.41, 5.74) is 2.83. The molecule has 0 unspecified atom stereocenters. The zero-order valence-electron chi connectivity index (χ0n) is 9.00. The van der Waals surface area contributed by atoms with Crippen LogP contribution in [0.15, 0.2) is 42.5 Å². The van der Waals surface area contributed by atoms with Crippen LogP contribution < -0.4 is 0 Å². The van der Waals surface area contributed by atoms with Gasteiger partial charge in [0.05, 0.1) is 0 Å². The Morgan fingerprint density at radius 1 is 1.06 bits per heavy atom. The maximum atomic E-state index is 13.5. The fourth-order valence-electron chi connectivity index (χ4n) is 1.61. The van der Waals surface area contributed by atoms with Crippen LogP contribution in [0.2, 0.25) is 5.02 Å². The molecule has 0 atom stereocenters. The Bertz CT molecular complexity index is 468. The third-order valence-electron chi connectivity index (χ3n) is 2.56. The fraction of sp³-hybridized carbons (Fsp3) is 0.143. The molecule has 0 aliphatic carbocycles. The lowest BCUT2D eigenvalue weighted by molar-refractivity contribution is 0.614. The summed E-state index contributed by atoms with van der Waals surface area (Å²) in [4.78, 5) is 0. The van der Waals surface area contributed by atoms with E-state index in [-0.39, 0.29) is 5.82 Å². The Morgan fingerprint density at radius 2 is 1.75 bits per heavy atom. The summed E-state index contributed by atoms with van der Waals surface area (Å²) >= 11 is 5.97. The highest BCUT2D eigenvalue weighted by Gasteiger charge is 2.07. The summed E-state index contributed by atoms with van der Waals surface area (Å²) in [7, 11) is 0. The molecule has 0 spiro atoms. The SMILES string of the molecule is Cc1ccc(Cc2c(F)cccc2Cl)cc1. The summed E-state index contributed by atoms with van der Waals surface area (Å²) in [6.45, 7) is 2.03. The van der Waals surface area contributed by atoms with E-state index < -0.39 is 0 Å². The molecule has 0 saturated carbocycles. The van der Waals surface area contributed by atoms with Crippen molar-refractivity contribution in [3.05, 3.63) is 70.0 Å². The number of aryl methyl sites for hydroxylation is 1. The van der Waals surface area contributed by atoms with E-state index in [4.69, 9.17) is 11.6 Å². The molecule has 16 heavy (non-hydrogen) atoms. The number of benzene rings is 2. The smallest absolute Gasteiger partial charge is 0.128 e. The first kappa shape index (κ1) is 11.2. The standard InChI is InChI=1S/C14H12ClF/c1-10-5-7-11(8-6-10)9-12-13(15)3-2-4-14(12)16/h2-8H,9H2,1H3. The van der Waals surface area contributed by atoms with Crippen molar-refractivity contribution in [1.29, 1.82) is 0 Å². The minimum Gasteiger partial charge on any atom is -0.207 e. The van der Waals surface area contributed by atoms with E-state index in [0.717, 1.165) is 5.56 Å². The van der Waals surface area contributed by atoms with E-state index in [1.807, 2.05) is 31.2 Å². The van der Waals surface area contributed by atoms with Crippen molar-refractivity contribution in [2.24, 2.45) is 0 Å². The molecule has 0 heterocycles. The van der Waals surface area contributed by atoms with Crippen molar-refractivity contribution in [2.45, 2.75) is 13.3 Å². The highest BCUT2D eigenvalue weighted by molar-refractivity contribution is 6.31. The van der Waals surface area contributed by atoms with Crippen LogP contribution in [-0.2, 0) is 6.42 Å². The van der Waals surface area contributed by atoms with E-state index in [0.29, 0.717) is 17.0 Å². The van der Waals surface area contributed by atoms with Gasteiger partial charge in [0.25, 0.3) is 0 Å². The Balaban J connectivity index is 2.30. The summed E-state index contributed by atoms with van der Waals surface area (Å²) in [5.74, 6) is -0.243. The maximum Gasteiger partial charge on any atom is 0.128 e. The summed E-state index contributed by atoms with van der Waals surface area (Å²) in [6.07, 6.45) is 0.534. The summed E-state index contributed by atoms with van der Waals surface area (Å²) < 4.78 is 13.5. The molecule has 2 aromatic carbocycles. The van der Waals surface area contributed by atoms with Crippen LogP contribution in [0.1, 0.15) is 16.7 Å². The van der Waals surface area contributed by atoms with Gasteiger partial charge in [0, 0.05) is 17.0 Å². The second-order valence-corrected chi connectivity index (χ2v) is 4.27. The fourth-order valence-corrected chi connectivity index (χ4v) is 1.84. The lowest BCUT2D eigenvalue weighted by Crippen LogP contribution is -1.93. The van der Waals surface area contributed by atoms with Crippen molar-refractivity contribution in [2.75, 3.05) is 0 Å². The van der Waals surface area contributed by atoms with Gasteiger partial charge in [0.15, 0.2) is 0 Å². The molecule has 2 rings (SSSR count). The van der Waals surface area contributed by atoms with Crippen LogP contribution in [0.4, 0.5) is 4.39 Å². The molecule has 0 fully saturated rings. The third kappa shape index (κ3) is 2.42. The van der Waals surface area contributed by atoms with Gasteiger partial charge in [-0.15, -0.1) is 0 Å². The number of hydrogen-bond donors (Lipinski definition) is 0. The van der Waals surface area contributed by atoms with Crippen molar-refractivity contribution in [1.82, 2.24) is 0 Å². The molecule has 0 saturated heterocycles. The Hall–Kier alpha value is -1.34. The first-order valence-corrected chi connectivity index (χ1v) is 5.53. The van der Waals surface area contributed by atoms with Crippen LogP contribution in [0.25, 0.3) is 0 Å². The lowest BCUT2D eigenvalue weighted by Gasteiger charge is -2.06. The van der Waals surface area contributed by atoms with Crippen LogP contribution in [0, 0.1) is 12.7 Å². The van der Waals surface area contributed by atoms with Gasteiger partial charge < -0.3 is 0 Å². The van der Waals surface area contributed by atoms with Gasteiger partial charge in [-0.25, -0.2) is 4.39 Å². The topological polar surface area (TPSA) is 0 Å². The quantitative estimate of drug-likeness (QED) is 0.724. The molecule has 0 amide bonds. The second kappa shape index (κ2) is 4.67. The molecule has 82 valence electrons. The van der Waals surface area contributed by atoms with Gasteiger partial charge in [-0.3, -0.25) is 0 Å². The maximum absolute atomic E-state index is 13.5. The van der Waals surface area contributed by atoms with Crippen molar-refractivity contribution < 1.29 is 4.39 Å². The average Bonchev–Trinajstić information content (AvgIpc) is 2.26. The number of halogens is 2. The number of rotatable bonds is 2. The van der Waals surface area contributed by atoms with Gasteiger partial charge in [0.1, 0.15) is 5.82 Å². The van der Waals surface area contributed by atoms with Crippen molar-refractivity contribution >= 4 is 11.6 Å². The highest BCUT2D eigenvalue weighted by Crippen LogP contribution is 2.22. The average molecular weight is 235 g/mol. The van der Waals surface area contributed by atoms with Gasteiger partial charge in [0.2, 0.25) is 0 Å². The van der Waals surface area contributed by atoms with Gasteiger partial charge in [-0.2, -0.15) is 0 Å². The second-order valence-electron chi connectivity index (χ2n) is 3.86. The molecule has 0 radical (unpaired) electrons. The largest absolute Gasteiger partial charge is 0.207 e. The zero-order valence-corrected chi connectivity index (χ0v) is 9.76. The van der Waals surface area contributed by atoms with Gasteiger partial charge >= 0.3 is 0 Å². The zero-order chi connectivity index (χ0) is 11.5. The first-order chi connectivity index (χ1) is 7.66. The Labute approximate surface area is 99.7 Å². The van der Waals surface area contributed by atoms with Gasteiger partial charge in [-0.1, -0.05) is 47.5 Å². The molecular weight excluding hydrogens is 223 g/mol. The van der Waals surface area contributed by atoms with E-state index in [1.165, 1.54) is 11.6 Å². The molecule has 2 aromatic rings. The summed E-state index contributed by atoms with van der Waals surface area (Å²) in [5, 5.41) is 0.487. The van der Waals surface area contributed by atoms with E-state index in [1.54, 1.807) is 12.1 Å². The predicted octanol–water partition coefficient (Wildman–Crippen LogP) is 4.38. The minimum absolute atomic E-state index is 0.243. The molecule has 0 nitrogen and oxygen atoms in total. The Kier molecular flexibility index (Phi) is 3.25. The monoisotopic (exact) mass is 234 g/mol. The van der Waals surface area contributed by atoms with Crippen LogP contribution in [-0.4, -0.2) is 0 Å².